The van der Waals surface area contributed by atoms with Crippen molar-refractivity contribution in [2.75, 3.05) is 11.9 Å². The first-order valence-corrected chi connectivity index (χ1v) is 3.51. The highest BCUT2D eigenvalue weighted by molar-refractivity contribution is 5.87. The first kappa shape index (κ1) is 9.18. The summed E-state index contributed by atoms with van der Waals surface area (Å²) < 4.78 is 0. The van der Waals surface area contributed by atoms with Crippen LogP contribution < -0.4 is 4.90 Å². The number of anilines is 1. The predicted octanol–water partition coefficient (Wildman–Crippen LogP) is 1.21. The van der Waals surface area contributed by atoms with Gasteiger partial charge in [-0.05, 0) is 12.1 Å². The first-order chi connectivity index (χ1) is 6.02. The van der Waals surface area contributed by atoms with Crippen molar-refractivity contribution in [1.29, 1.82) is 0 Å². The van der Waals surface area contributed by atoms with E-state index < -0.39 is 6.09 Å². The van der Waals surface area contributed by atoms with Crippen molar-refractivity contribution in [2.24, 2.45) is 0 Å². The van der Waals surface area contributed by atoms with Gasteiger partial charge in [0.15, 0.2) is 0 Å². The van der Waals surface area contributed by atoms with Gasteiger partial charge in [0, 0.05) is 13.1 Å². The van der Waals surface area contributed by atoms with Crippen LogP contribution in [-0.4, -0.2) is 28.5 Å². The summed E-state index contributed by atoms with van der Waals surface area (Å²) in [5, 5.41) is 26.9. The predicted molar refractivity (Wildman–Crippen MR) is 46.2 cm³/mol. The van der Waals surface area contributed by atoms with Gasteiger partial charge in [-0.25, -0.2) is 4.79 Å². The molecule has 0 heterocycles. The van der Waals surface area contributed by atoms with Crippen LogP contribution in [0.5, 0.6) is 11.5 Å². The number of nitrogens with zero attached hydrogens (tertiary/aromatic N) is 1. The van der Waals surface area contributed by atoms with Crippen LogP contribution in [0.2, 0.25) is 0 Å². The minimum atomic E-state index is -1.21. The zero-order chi connectivity index (χ0) is 10.0. The molecule has 0 aromatic heterocycles. The lowest BCUT2D eigenvalue weighted by molar-refractivity contribution is 0.203. The van der Waals surface area contributed by atoms with Gasteiger partial charge >= 0.3 is 6.09 Å². The lowest BCUT2D eigenvalue weighted by Gasteiger charge is -2.14. The van der Waals surface area contributed by atoms with Crippen LogP contribution in [-0.2, 0) is 0 Å². The number of hydrogen-bond donors (Lipinski definition) is 3. The van der Waals surface area contributed by atoms with E-state index in [4.69, 9.17) is 10.2 Å². The molecular formula is C8H9NO4. The largest absolute Gasteiger partial charge is 0.508 e. The topological polar surface area (TPSA) is 81.0 Å². The van der Waals surface area contributed by atoms with Crippen LogP contribution in [0.1, 0.15) is 0 Å². The fourth-order valence-corrected chi connectivity index (χ4v) is 0.884. The molecule has 70 valence electrons. The van der Waals surface area contributed by atoms with Crippen molar-refractivity contribution >= 4 is 11.8 Å². The molecule has 0 aliphatic rings. The van der Waals surface area contributed by atoms with Crippen LogP contribution in [0.3, 0.4) is 0 Å². The molecule has 1 aromatic rings. The van der Waals surface area contributed by atoms with Crippen LogP contribution in [0, 0.1) is 0 Å². The molecule has 0 atom stereocenters. The average molecular weight is 183 g/mol. The van der Waals surface area contributed by atoms with E-state index in [1.807, 2.05) is 0 Å². The third kappa shape index (κ3) is 1.81. The standard InChI is InChI=1S/C8H9NO4/c1-9(8(12)13)6-4-5(10)2-3-7(6)11/h2-4,10-11H,1H3,(H,12,13). The van der Waals surface area contributed by atoms with E-state index in [0.717, 1.165) is 4.90 Å². The molecule has 1 aromatic carbocycles. The number of carbonyl (C=O) groups is 1. The minimum Gasteiger partial charge on any atom is -0.508 e. The molecule has 0 spiro atoms. The zero-order valence-corrected chi connectivity index (χ0v) is 6.93. The van der Waals surface area contributed by atoms with Crippen molar-refractivity contribution in [2.45, 2.75) is 0 Å². The summed E-state index contributed by atoms with van der Waals surface area (Å²) >= 11 is 0. The van der Waals surface area contributed by atoms with E-state index in [0.29, 0.717) is 0 Å². The van der Waals surface area contributed by atoms with E-state index >= 15 is 0 Å². The van der Waals surface area contributed by atoms with E-state index in [2.05, 4.69) is 0 Å². The molecule has 0 aliphatic heterocycles. The highest BCUT2D eigenvalue weighted by atomic mass is 16.4. The third-order valence-corrected chi connectivity index (χ3v) is 1.61. The number of phenols is 2. The molecule has 0 aliphatic carbocycles. The number of benzene rings is 1. The number of hydrogen-bond acceptors (Lipinski definition) is 3. The van der Waals surface area contributed by atoms with Crippen molar-refractivity contribution < 1.29 is 20.1 Å². The number of amides is 1. The molecule has 3 N–H and O–H groups in total. The molecule has 0 saturated carbocycles. The second-order valence-electron chi connectivity index (χ2n) is 2.51. The van der Waals surface area contributed by atoms with E-state index in [1.54, 1.807) is 0 Å². The maximum atomic E-state index is 10.5. The van der Waals surface area contributed by atoms with Gasteiger partial charge in [-0.15, -0.1) is 0 Å². The Bertz CT molecular complexity index is 337. The number of aromatic hydroxyl groups is 2. The van der Waals surface area contributed by atoms with Gasteiger partial charge in [-0.1, -0.05) is 0 Å². The second-order valence-corrected chi connectivity index (χ2v) is 2.51. The van der Waals surface area contributed by atoms with E-state index in [9.17, 15) is 9.90 Å². The summed E-state index contributed by atoms with van der Waals surface area (Å²) in [6.45, 7) is 0. The van der Waals surface area contributed by atoms with Crippen LogP contribution in [0.25, 0.3) is 0 Å². The summed E-state index contributed by atoms with van der Waals surface area (Å²) in [4.78, 5) is 11.3. The smallest absolute Gasteiger partial charge is 0.411 e. The molecule has 0 bridgehead atoms. The Morgan fingerprint density at radius 3 is 2.54 bits per heavy atom. The van der Waals surface area contributed by atoms with Gasteiger partial charge in [-0.3, -0.25) is 4.90 Å². The fraction of sp³-hybridized carbons (Fsp3) is 0.125. The molecular weight excluding hydrogens is 174 g/mol. The molecule has 0 unspecified atom stereocenters. The monoisotopic (exact) mass is 183 g/mol. The lowest BCUT2D eigenvalue weighted by Crippen LogP contribution is -2.23. The normalized spacial score (nSPS) is 9.62. The Balaban J connectivity index is 3.12. The van der Waals surface area contributed by atoms with Gasteiger partial charge in [0.1, 0.15) is 11.5 Å². The molecule has 1 amide bonds. The number of phenolic OH excluding ortho intramolecular Hbond substituents is 2. The summed E-state index contributed by atoms with van der Waals surface area (Å²) in [6.07, 6.45) is -1.21. The molecule has 1 rings (SSSR count). The van der Waals surface area contributed by atoms with Gasteiger partial charge in [-0.2, -0.15) is 0 Å². The summed E-state index contributed by atoms with van der Waals surface area (Å²) in [5.41, 5.74) is 0.0486. The van der Waals surface area contributed by atoms with Gasteiger partial charge in [0.05, 0.1) is 5.69 Å². The Labute approximate surface area is 74.5 Å². The molecule has 5 heteroatoms. The van der Waals surface area contributed by atoms with Crippen molar-refractivity contribution in [3.05, 3.63) is 18.2 Å². The van der Waals surface area contributed by atoms with Crippen molar-refractivity contribution in [1.82, 2.24) is 0 Å². The lowest BCUT2D eigenvalue weighted by atomic mass is 10.2. The second kappa shape index (κ2) is 3.22. The highest BCUT2D eigenvalue weighted by Crippen LogP contribution is 2.29. The summed E-state index contributed by atoms with van der Waals surface area (Å²) in [5.74, 6) is -0.288. The van der Waals surface area contributed by atoms with Gasteiger partial charge in [0.25, 0.3) is 0 Å². The van der Waals surface area contributed by atoms with E-state index in [-0.39, 0.29) is 17.2 Å². The number of rotatable bonds is 1. The Hall–Kier alpha value is -1.91. The molecule has 0 fully saturated rings. The highest BCUT2D eigenvalue weighted by Gasteiger charge is 2.12. The Morgan fingerprint density at radius 1 is 1.38 bits per heavy atom. The molecule has 13 heavy (non-hydrogen) atoms. The minimum absolute atomic E-state index is 0.0486. The van der Waals surface area contributed by atoms with Crippen molar-refractivity contribution in [3.8, 4) is 11.5 Å². The SMILES string of the molecule is CN(C(=O)O)c1cc(O)ccc1O. The first-order valence-electron chi connectivity index (χ1n) is 3.51. The quantitative estimate of drug-likeness (QED) is 0.571. The van der Waals surface area contributed by atoms with Crippen molar-refractivity contribution in [3.63, 3.8) is 0 Å². The fourth-order valence-electron chi connectivity index (χ4n) is 0.884. The maximum Gasteiger partial charge on any atom is 0.411 e. The average Bonchev–Trinajstić information content (AvgIpc) is 2.08. The van der Waals surface area contributed by atoms with Gasteiger partial charge in [0.2, 0.25) is 0 Å². The van der Waals surface area contributed by atoms with Gasteiger partial charge < -0.3 is 15.3 Å². The zero-order valence-electron chi connectivity index (χ0n) is 6.93. The third-order valence-electron chi connectivity index (χ3n) is 1.61. The molecule has 5 nitrogen and oxygen atoms in total. The van der Waals surface area contributed by atoms with Crippen LogP contribution in [0.15, 0.2) is 18.2 Å². The van der Waals surface area contributed by atoms with E-state index in [1.165, 1.54) is 25.2 Å². The van der Waals surface area contributed by atoms with Crippen LogP contribution >= 0.6 is 0 Å². The maximum absolute atomic E-state index is 10.5. The molecule has 0 saturated heterocycles. The Kier molecular flexibility index (Phi) is 2.27. The summed E-state index contributed by atoms with van der Waals surface area (Å²) in [6, 6.07) is 3.67. The Morgan fingerprint density at radius 2 is 2.00 bits per heavy atom. The van der Waals surface area contributed by atoms with Crippen LogP contribution in [0.4, 0.5) is 10.5 Å². The number of carboxylic acid groups (broad SMARTS) is 1. The summed E-state index contributed by atoms with van der Waals surface area (Å²) in [7, 11) is 1.27. The molecule has 0 radical (unpaired) electrons.